The summed E-state index contributed by atoms with van der Waals surface area (Å²) in [6, 6.07) is 1.82. The fourth-order valence-corrected chi connectivity index (χ4v) is 0.820. The third-order valence-electron chi connectivity index (χ3n) is 1.59. The van der Waals surface area contributed by atoms with Gasteiger partial charge in [-0.05, 0) is 19.9 Å². The quantitative estimate of drug-likeness (QED) is 0.643. The summed E-state index contributed by atoms with van der Waals surface area (Å²) in [6.45, 7) is 3.80. The first-order valence-corrected chi connectivity index (χ1v) is 3.84. The zero-order chi connectivity index (χ0) is 8.97. The van der Waals surface area contributed by atoms with Crippen molar-refractivity contribution in [1.29, 1.82) is 0 Å². The van der Waals surface area contributed by atoms with E-state index in [4.69, 9.17) is 9.47 Å². The Morgan fingerprint density at radius 1 is 1.50 bits per heavy atom. The standard InChI is InChI=1S/C9H13NO2/c1-7-6-10-5-4-9(7)12-8(2)11-3/h4-6,8H,1-3H3. The lowest BCUT2D eigenvalue weighted by molar-refractivity contribution is -0.0387. The number of nitrogens with zero attached hydrogens (tertiary/aromatic N) is 1. The largest absolute Gasteiger partial charge is 0.465 e. The molecule has 66 valence electrons. The maximum Gasteiger partial charge on any atom is 0.196 e. The van der Waals surface area contributed by atoms with Gasteiger partial charge in [0, 0.05) is 25.1 Å². The molecule has 0 aliphatic heterocycles. The number of pyridine rings is 1. The van der Waals surface area contributed by atoms with Gasteiger partial charge in [0.25, 0.3) is 0 Å². The van der Waals surface area contributed by atoms with Gasteiger partial charge in [0.15, 0.2) is 6.29 Å². The molecule has 0 aliphatic carbocycles. The van der Waals surface area contributed by atoms with Crippen molar-refractivity contribution in [2.24, 2.45) is 0 Å². The van der Waals surface area contributed by atoms with E-state index in [1.165, 1.54) is 0 Å². The third kappa shape index (κ3) is 2.20. The summed E-state index contributed by atoms with van der Waals surface area (Å²) in [5.41, 5.74) is 1.02. The van der Waals surface area contributed by atoms with Gasteiger partial charge < -0.3 is 9.47 Å². The lowest BCUT2D eigenvalue weighted by Crippen LogP contribution is -2.14. The van der Waals surface area contributed by atoms with Gasteiger partial charge in [-0.1, -0.05) is 0 Å². The zero-order valence-electron chi connectivity index (χ0n) is 7.57. The second-order valence-corrected chi connectivity index (χ2v) is 2.56. The number of aryl methyl sites for hydroxylation is 1. The highest BCUT2D eigenvalue weighted by Crippen LogP contribution is 2.16. The average Bonchev–Trinajstić information content (AvgIpc) is 2.09. The molecule has 0 fully saturated rings. The highest BCUT2D eigenvalue weighted by Gasteiger charge is 2.02. The van der Waals surface area contributed by atoms with Gasteiger partial charge >= 0.3 is 0 Å². The molecule has 0 saturated carbocycles. The van der Waals surface area contributed by atoms with Crippen molar-refractivity contribution in [2.75, 3.05) is 7.11 Å². The average molecular weight is 167 g/mol. The predicted octanol–water partition coefficient (Wildman–Crippen LogP) is 1.76. The zero-order valence-corrected chi connectivity index (χ0v) is 7.57. The lowest BCUT2D eigenvalue weighted by atomic mass is 10.3. The van der Waals surface area contributed by atoms with Crippen LogP contribution in [0.1, 0.15) is 12.5 Å². The Balaban J connectivity index is 2.69. The van der Waals surface area contributed by atoms with Crippen molar-refractivity contribution in [3.63, 3.8) is 0 Å². The van der Waals surface area contributed by atoms with E-state index < -0.39 is 0 Å². The first-order chi connectivity index (χ1) is 5.74. The van der Waals surface area contributed by atoms with Gasteiger partial charge in [0.1, 0.15) is 5.75 Å². The first kappa shape index (κ1) is 9.00. The lowest BCUT2D eigenvalue weighted by Gasteiger charge is -2.13. The van der Waals surface area contributed by atoms with E-state index >= 15 is 0 Å². The molecule has 0 saturated heterocycles. The molecule has 3 heteroatoms. The molecule has 0 aromatic carbocycles. The molecule has 1 aromatic rings. The van der Waals surface area contributed by atoms with Crippen molar-refractivity contribution in [1.82, 2.24) is 4.98 Å². The Morgan fingerprint density at radius 3 is 2.83 bits per heavy atom. The van der Waals surface area contributed by atoms with Crippen molar-refractivity contribution in [2.45, 2.75) is 20.1 Å². The second-order valence-electron chi connectivity index (χ2n) is 2.56. The predicted molar refractivity (Wildman–Crippen MR) is 46.1 cm³/mol. The van der Waals surface area contributed by atoms with Crippen LogP contribution in [0, 0.1) is 6.92 Å². The maximum absolute atomic E-state index is 5.43. The molecule has 3 nitrogen and oxygen atoms in total. The van der Waals surface area contributed by atoms with Crippen molar-refractivity contribution >= 4 is 0 Å². The van der Waals surface area contributed by atoms with Crippen LogP contribution in [0.3, 0.4) is 0 Å². The highest BCUT2D eigenvalue weighted by atomic mass is 16.7. The van der Waals surface area contributed by atoms with Crippen LogP contribution >= 0.6 is 0 Å². The van der Waals surface area contributed by atoms with Crippen LogP contribution in [-0.2, 0) is 4.74 Å². The summed E-state index contributed by atoms with van der Waals surface area (Å²) >= 11 is 0. The van der Waals surface area contributed by atoms with Gasteiger partial charge in [-0.3, -0.25) is 4.98 Å². The van der Waals surface area contributed by atoms with E-state index in [-0.39, 0.29) is 6.29 Å². The normalized spacial score (nSPS) is 12.6. The Hall–Kier alpha value is -1.09. The summed E-state index contributed by atoms with van der Waals surface area (Å²) in [4.78, 5) is 3.96. The molecular weight excluding hydrogens is 154 g/mol. The molecule has 12 heavy (non-hydrogen) atoms. The number of ether oxygens (including phenoxy) is 2. The molecule has 1 heterocycles. The van der Waals surface area contributed by atoms with Crippen LogP contribution in [0.15, 0.2) is 18.5 Å². The fourth-order valence-electron chi connectivity index (χ4n) is 0.820. The van der Waals surface area contributed by atoms with Gasteiger partial charge in [-0.2, -0.15) is 0 Å². The first-order valence-electron chi connectivity index (χ1n) is 3.84. The van der Waals surface area contributed by atoms with Crippen LogP contribution in [0.5, 0.6) is 5.75 Å². The maximum atomic E-state index is 5.43. The van der Waals surface area contributed by atoms with Crippen LogP contribution in [0.4, 0.5) is 0 Å². The van der Waals surface area contributed by atoms with E-state index in [1.807, 2.05) is 19.9 Å². The van der Waals surface area contributed by atoms with Gasteiger partial charge in [-0.25, -0.2) is 0 Å². The van der Waals surface area contributed by atoms with E-state index in [9.17, 15) is 0 Å². The molecule has 0 aliphatic rings. The van der Waals surface area contributed by atoms with Crippen molar-refractivity contribution < 1.29 is 9.47 Å². The molecule has 0 spiro atoms. The van der Waals surface area contributed by atoms with Crippen LogP contribution in [0.2, 0.25) is 0 Å². The topological polar surface area (TPSA) is 31.4 Å². The Morgan fingerprint density at radius 2 is 2.25 bits per heavy atom. The number of aromatic nitrogens is 1. The fraction of sp³-hybridized carbons (Fsp3) is 0.444. The summed E-state index contributed by atoms with van der Waals surface area (Å²) in [6.07, 6.45) is 3.24. The van der Waals surface area contributed by atoms with Crippen molar-refractivity contribution in [3.8, 4) is 5.75 Å². The minimum atomic E-state index is -0.217. The Bertz CT molecular complexity index is 250. The molecule has 1 atom stereocenters. The SMILES string of the molecule is COC(C)Oc1ccncc1C. The molecule has 0 radical (unpaired) electrons. The Kier molecular flexibility index (Phi) is 3.05. The highest BCUT2D eigenvalue weighted by molar-refractivity contribution is 5.28. The molecular formula is C9H13NO2. The summed E-state index contributed by atoms with van der Waals surface area (Å²) in [5, 5.41) is 0. The molecule has 0 N–H and O–H groups in total. The smallest absolute Gasteiger partial charge is 0.196 e. The monoisotopic (exact) mass is 167 g/mol. The number of methoxy groups -OCH3 is 1. The number of rotatable bonds is 3. The van der Waals surface area contributed by atoms with Gasteiger partial charge in [-0.15, -0.1) is 0 Å². The van der Waals surface area contributed by atoms with Gasteiger partial charge in [0.2, 0.25) is 0 Å². The van der Waals surface area contributed by atoms with Gasteiger partial charge in [0.05, 0.1) is 0 Å². The minimum absolute atomic E-state index is 0.217. The number of hydrogen-bond acceptors (Lipinski definition) is 3. The minimum Gasteiger partial charge on any atom is -0.465 e. The van der Waals surface area contributed by atoms with E-state index in [2.05, 4.69) is 4.98 Å². The van der Waals surface area contributed by atoms with Crippen LogP contribution in [0.25, 0.3) is 0 Å². The van der Waals surface area contributed by atoms with E-state index in [0.29, 0.717) is 0 Å². The van der Waals surface area contributed by atoms with Crippen molar-refractivity contribution in [3.05, 3.63) is 24.0 Å². The second kappa shape index (κ2) is 4.07. The summed E-state index contributed by atoms with van der Waals surface area (Å²) < 4.78 is 10.4. The molecule has 1 unspecified atom stereocenters. The number of hydrogen-bond donors (Lipinski definition) is 0. The molecule has 1 rings (SSSR count). The molecule has 0 bridgehead atoms. The van der Waals surface area contributed by atoms with E-state index in [1.54, 1.807) is 19.5 Å². The van der Waals surface area contributed by atoms with Crippen LogP contribution < -0.4 is 4.74 Å². The Labute approximate surface area is 72.3 Å². The van der Waals surface area contributed by atoms with Crippen LogP contribution in [-0.4, -0.2) is 18.4 Å². The summed E-state index contributed by atoms with van der Waals surface area (Å²) in [5.74, 6) is 0.819. The van der Waals surface area contributed by atoms with E-state index in [0.717, 1.165) is 11.3 Å². The third-order valence-corrected chi connectivity index (χ3v) is 1.59. The summed E-state index contributed by atoms with van der Waals surface area (Å²) in [7, 11) is 1.61. The molecule has 1 aromatic heterocycles. The molecule has 0 amide bonds.